The molecule has 0 unspecified atom stereocenters. The topological polar surface area (TPSA) is 46.5 Å². The maximum Gasteiger partial charge on any atom is 0.328 e. The van der Waals surface area contributed by atoms with Crippen molar-refractivity contribution in [2.45, 2.75) is 60.3 Å². The first kappa shape index (κ1) is 23.7. The summed E-state index contributed by atoms with van der Waals surface area (Å²) in [5, 5.41) is 8.82. The minimum atomic E-state index is -1.05. The first-order valence-corrected chi connectivity index (χ1v) is 10.5. The number of carbonyl (C=O) groups is 1. The van der Waals surface area contributed by atoms with E-state index in [9.17, 15) is 9.18 Å². The van der Waals surface area contributed by atoms with Gasteiger partial charge in [-0.2, -0.15) is 0 Å². The van der Waals surface area contributed by atoms with Gasteiger partial charge in [-0.25, -0.2) is 9.18 Å². The molecule has 0 fully saturated rings. The molecule has 0 aliphatic heterocycles. The molecule has 1 aromatic carbocycles. The van der Waals surface area contributed by atoms with E-state index in [0.29, 0.717) is 29.4 Å². The van der Waals surface area contributed by atoms with Crippen LogP contribution in [0.3, 0.4) is 0 Å². The Morgan fingerprint density at radius 3 is 2.50 bits per heavy atom. The van der Waals surface area contributed by atoms with Crippen LogP contribution < -0.4 is 4.74 Å². The molecule has 0 saturated carbocycles. The molecule has 0 aromatic heterocycles. The molecule has 0 saturated heterocycles. The lowest BCUT2D eigenvalue weighted by atomic mass is 9.70. The highest BCUT2D eigenvalue weighted by molar-refractivity contribution is 5.82. The SMILES string of the molecule is CCOc1cc2c(cc1C(C)=C(F)C=CC(C)=CC(=O)O)C(C(C)C)=CCC2(C)C. The van der Waals surface area contributed by atoms with Gasteiger partial charge < -0.3 is 9.84 Å². The highest BCUT2D eigenvalue weighted by Gasteiger charge is 2.31. The number of hydrogen-bond acceptors (Lipinski definition) is 2. The number of ether oxygens (including phenoxy) is 1. The van der Waals surface area contributed by atoms with E-state index in [1.54, 1.807) is 13.8 Å². The summed E-state index contributed by atoms with van der Waals surface area (Å²) in [6.07, 6.45) is 7.08. The molecule has 0 heterocycles. The number of hydrogen-bond donors (Lipinski definition) is 1. The van der Waals surface area contributed by atoms with Gasteiger partial charge in [0.15, 0.2) is 0 Å². The second kappa shape index (κ2) is 9.46. The third-order valence-electron chi connectivity index (χ3n) is 5.52. The first-order chi connectivity index (χ1) is 14.0. The van der Waals surface area contributed by atoms with Gasteiger partial charge in [-0.15, -0.1) is 0 Å². The number of aliphatic carboxylic acids is 1. The molecular weight excluding hydrogens is 379 g/mol. The maximum atomic E-state index is 15.0. The van der Waals surface area contributed by atoms with Crippen LogP contribution in [0.4, 0.5) is 4.39 Å². The standard InChI is InChI=1S/C26H33FO3/c1-8-30-24-15-22-21(19(16(2)3)11-12-26(22,6)7)14-20(24)18(5)23(27)10-9-17(4)13-25(28)29/h9-11,13-16H,8,12H2,1-7H3,(H,28,29). The summed E-state index contributed by atoms with van der Waals surface area (Å²) < 4.78 is 20.9. The number of rotatable bonds is 7. The third-order valence-corrected chi connectivity index (χ3v) is 5.52. The van der Waals surface area contributed by atoms with Gasteiger partial charge in [-0.1, -0.05) is 39.8 Å². The Balaban J connectivity index is 2.64. The molecule has 1 aromatic rings. The molecule has 1 aliphatic rings. The van der Waals surface area contributed by atoms with Gasteiger partial charge in [0, 0.05) is 11.6 Å². The van der Waals surface area contributed by atoms with Crippen LogP contribution in [0, 0.1) is 5.92 Å². The van der Waals surface area contributed by atoms with Crippen molar-refractivity contribution in [1.29, 1.82) is 0 Å². The van der Waals surface area contributed by atoms with Crippen LogP contribution in [0.25, 0.3) is 11.1 Å². The molecule has 30 heavy (non-hydrogen) atoms. The minimum absolute atomic E-state index is 0.0209. The Morgan fingerprint density at radius 1 is 1.27 bits per heavy atom. The second-order valence-corrected chi connectivity index (χ2v) is 8.76. The van der Waals surface area contributed by atoms with Gasteiger partial charge in [0.25, 0.3) is 0 Å². The molecular formula is C26H33FO3. The quantitative estimate of drug-likeness (QED) is 0.384. The van der Waals surface area contributed by atoms with Gasteiger partial charge in [-0.3, -0.25) is 0 Å². The fourth-order valence-corrected chi connectivity index (χ4v) is 3.78. The van der Waals surface area contributed by atoms with Gasteiger partial charge in [-0.05, 0) is 84.6 Å². The highest BCUT2D eigenvalue weighted by Crippen LogP contribution is 2.45. The highest BCUT2D eigenvalue weighted by atomic mass is 19.1. The second-order valence-electron chi connectivity index (χ2n) is 8.76. The molecule has 0 bridgehead atoms. The largest absolute Gasteiger partial charge is 0.493 e. The Labute approximate surface area is 179 Å². The molecule has 3 nitrogen and oxygen atoms in total. The average Bonchev–Trinajstić information content (AvgIpc) is 2.65. The van der Waals surface area contributed by atoms with Crippen LogP contribution in [0.2, 0.25) is 0 Å². The predicted octanol–water partition coefficient (Wildman–Crippen LogP) is 7.09. The smallest absolute Gasteiger partial charge is 0.328 e. The zero-order valence-electron chi connectivity index (χ0n) is 19.1. The normalized spacial score (nSPS) is 17.0. The van der Waals surface area contributed by atoms with Crippen LogP contribution in [0.1, 0.15) is 71.6 Å². The first-order valence-electron chi connectivity index (χ1n) is 10.5. The molecule has 0 amide bonds. The Morgan fingerprint density at radius 2 is 1.93 bits per heavy atom. The molecule has 162 valence electrons. The number of allylic oxidation sites excluding steroid dienone is 7. The van der Waals surface area contributed by atoms with Crippen molar-refractivity contribution in [3.63, 3.8) is 0 Å². The van der Waals surface area contributed by atoms with Crippen molar-refractivity contribution >= 4 is 17.1 Å². The van der Waals surface area contributed by atoms with Crippen molar-refractivity contribution in [2.75, 3.05) is 6.61 Å². The van der Waals surface area contributed by atoms with E-state index in [0.717, 1.165) is 23.6 Å². The Kier molecular flexibility index (Phi) is 7.46. The monoisotopic (exact) mass is 412 g/mol. The number of carboxylic acid groups (broad SMARTS) is 1. The zero-order valence-corrected chi connectivity index (χ0v) is 19.1. The summed E-state index contributed by atoms with van der Waals surface area (Å²) in [4.78, 5) is 10.8. The molecule has 1 aliphatic carbocycles. The number of carboxylic acids is 1. The van der Waals surface area contributed by atoms with Crippen molar-refractivity contribution in [3.8, 4) is 5.75 Å². The third kappa shape index (κ3) is 5.29. The summed E-state index contributed by atoms with van der Waals surface area (Å²) in [6, 6.07) is 4.12. The zero-order chi connectivity index (χ0) is 22.6. The summed E-state index contributed by atoms with van der Waals surface area (Å²) in [7, 11) is 0. The van der Waals surface area contributed by atoms with E-state index >= 15 is 0 Å². The number of benzene rings is 1. The van der Waals surface area contributed by atoms with Crippen LogP contribution >= 0.6 is 0 Å². The van der Waals surface area contributed by atoms with Crippen LogP contribution in [-0.4, -0.2) is 17.7 Å². The van der Waals surface area contributed by atoms with Crippen LogP contribution in [0.15, 0.2) is 47.8 Å². The van der Waals surface area contributed by atoms with Gasteiger partial charge in [0.05, 0.1) is 6.61 Å². The molecule has 0 atom stereocenters. The van der Waals surface area contributed by atoms with Gasteiger partial charge in [0.2, 0.25) is 0 Å². The van der Waals surface area contributed by atoms with Gasteiger partial charge >= 0.3 is 5.97 Å². The van der Waals surface area contributed by atoms with Crippen molar-refractivity contribution in [3.05, 3.63) is 64.5 Å². The minimum Gasteiger partial charge on any atom is -0.493 e. The Bertz CT molecular complexity index is 943. The number of fused-ring (bicyclic) bond motifs is 1. The van der Waals surface area contributed by atoms with Gasteiger partial charge in [0.1, 0.15) is 11.6 Å². The Hall–Kier alpha value is -2.62. The molecule has 1 N–H and O–H groups in total. The molecule has 2 rings (SSSR count). The van der Waals surface area contributed by atoms with E-state index in [1.807, 2.05) is 6.92 Å². The number of halogens is 1. The summed E-state index contributed by atoms with van der Waals surface area (Å²) in [5.41, 5.74) is 5.29. The molecule has 0 radical (unpaired) electrons. The van der Waals surface area contributed by atoms with E-state index in [4.69, 9.17) is 9.84 Å². The van der Waals surface area contributed by atoms with E-state index in [-0.39, 0.29) is 5.41 Å². The summed E-state index contributed by atoms with van der Waals surface area (Å²) in [6.45, 7) is 14.6. The summed E-state index contributed by atoms with van der Waals surface area (Å²) >= 11 is 0. The van der Waals surface area contributed by atoms with Crippen LogP contribution in [0.5, 0.6) is 5.75 Å². The van der Waals surface area contributed by atoms with Crippen molar-refractivity contribution in [1.82, 2.24) is 0 Å². The lowest BCUT2D eigenvalue weighted by Gasteiger charge is -2.34. The maximum absolute atomic E-state index is 15.0. The lowest BCUT2D eigenvalue weighted by Crippen LogP contribution is -2.23. The molecule has 4 heteroatoms. The van der Waals surface area contributed by atoms with Crippen molar-refractivity contribution in [2.24, 2.45) is 5.92 Å². The lowest BCUT2D eigenvalue weighted by molar-refractivity contribution is -0.131. The average molecular weight is 413 g/mol. The fourth-order valence-electron chi connectivity index (χ4n) is 3.78. The predicted molar refractivity (Wildman–Crippen MR) is 122 cm³/mol. The molecule has 0 spiro atoms. The summed E-state index contributed by atoms with van der Waals surface area (Å²) in [5.74, 6) is -0.432. The van der Waals surface area contributed by atoms with E-state index < -0.39 is 11.8 Å². The van der Waals surface area contributed by atoms with Crippen LogP contribution in [-0.2, 0) is 10.2 Å². The van der Waals surface area contributed by atoms with E-state index in [1.165, 1.54) is 23.3 Å². The fraction of sp³-hybridized carbons (Fsp3) is 0.423. The van der Waals surface area contributed by atoms with Crippen molar-refractivity contribution < 1.29 is 19.0 Å². The van der Waals surface area contributed by atoms with E-state index in [2.05, 4.69) is 45.9 Å².